The minimum atomic E-state index is -4.48. The van der Waals surface area contributed by atoms with E-state index in [9.17, 15) is 27.9 Å². The van der Waals surface area contributed by atoms with Gasteiger partial charge in [-0.25, -0.2) is 0 Å². The number of hydrogen-bond acceptors (Lipinski definition) is 4. The molecule has 4 nitrogen and oxygen atoms in total. The van der Waals surface area contributed by atoms with Crippen molar-refractivity contribution < 1.29 is 27.9 Å². The van der Waals surface area contributed by atoms with Crippen molar-refractivity contribution in [2.24, 2.45) is 0 Å². The Hall–Kier alpha value is -1.96. The molecular weight excluding hydrogens is 283 g/mol. The number of halogens is 3. The molecule has 0 heterocycles. The Morgan fingerprint density at radius 2 is 1.84 bits per heavy atom. The summed E-state index contributed by atoms with van der Waals surface area (Å²) in [4.78, 5) is 21.1. The maximum Gasteiger partial charge on any atom is 0.446 e. The second-order valence-corrected chi connectivity index (χ2v) is 4.29. The molecule has 1 N–H and O–H groups in total. The molecule has 1 amide bonds. The molecule has 0 radical (unpaired) electrons. The quantitative estimate of drug-likeness (QED) is 0.674. The van der Waals surface area contributed by atoms with Gasteiger partial charge in [0.2, 0.25) is 5.91 Å². The maximum absolute atomic E-state index is 12.3. The fraction of sp³-hybridized carbons (Fsp3) is 0.0909. The molecule has 0 atom stereocenters. The molecule has 0 aliphatic carbocycles. The first-order valence-electron chi connectivity index (χ1n) is 4.83. The summed E-state index contributed by atoms with van der Waals surface area (Å²) in [6.45, 7) is 0. The van der Waals surface area contributed by atoms with Crippen LogP contribution in [0.15, 0.2) is 41.3 Å². The van der Waals surface area contributed by atoms with Crippen molar-refractivity contribution in [2.75, 3.05) is 5.32 Å². The minimum absolute atomic E-state index is 0.0576. The number of carbonyl (C=O) groups is 2. The normalized spacial score (nSPS) is 11.5. The maximum atomic E-state index is 12.3. The van der Waals surface area contributed by atoms with Crippen LogP contribution in [0.1, 0.15) is 0 Å². The molecule has 1 rings (SSSR count). The van der Waals surface area contributed by atoms with Gasteiger partial charge in [0, 0.05) is 11.0 Å². The van der Waals surface area contributed by atoms with Crippen LogP contribution in [-0.2, 0) is 9.59 Å². The molecule has 0 aromatic heterocycles. The molecule has 19 heavy (non-hydrogen) atoms. The number of para-hydroxylation sites is 1. The number of aliphatic carboxylic acids is 1. The molecule has 0 saturated carbocycles. The summed E-state index contributed by atoms with van der Waals surface area (Å²) in [7, 11) is 0. The van der Waals surface area contributed by atoms with Crippen LogP contribution in [0.3, 0.4) is 0 Å². The van der Waals surface area contributed by atoms with Gasteiger partial charge in [-0.05, 0) is 30.0 Å². The Morgan fingerprint density at radius 1 is 1.21 bits per heavy atom. The Balaban J connectivity index is 2.84. The first-order valence-corrected chi connectivity index (χ1v) is 5.64. The standard InChI is InChI=1S/C11H8F3NO3S/c12-11(13,14)19-8-4-2-1-3-7(8)15-9(16)5-6-10(17)18/h1-6H,(H,15,16)(H,17,18)/p-1. The lowest BCUT2D eigenvalue weighted by atomic mass is 10.3. The summed E-state index contributed by atoms with van der Waals surface area (Å²) < 4.78 is 36.8. The molecule has 1 aromatic rings. The van der Waals surface area contributed by atoms with Crippen LogP contribution in [0.25, 0.3) is 0 Å². The summed E-state index contributed by atoms with van der Waals surface area (Å²) in [5.41, 5.74) is -4.54. The number of carbonyl (C=O) groups excluding carboxylic acids is 2. The second kappa shape index (κ2) is 6.28. The Bertz CT molecular complexity index is 514. The van der Waals surface area contributed by atoms with Gasteiger partial charge in [-0.1, -0.05) is 12.1 Å². The lowest BCUT2D eigenvalue weighted by molar-refractivity contribution is -0.297. The number of carboxylic acid groups (broad SMARTS) is 1. The topological polar surface area (TPSA) is 69.2 Å². The van der Waals surface area contributed by atoms with Gasteiger partial charge in [0.1, 0.15) is 0 Å². The van der Waals surface area contributed by atoms with Gasteiger partial charge in [-0.3, -0.25) is 4.79 Å². The van der Waals surface area contributed by atoms with Crippen LogP contribution in [0.5, 0.6) is 0 Å². The van der Waals surface area contributed by atoms with Crippen molar-refractivity contribution in [1.82, 2.24) is 0 Å². The summed E-state index contributed by atoms with van der Waals surface area (Å²) in [6, 6.07) is 5.30. The SMILES string of the molecule is O=C([O-])C=CC(=O)Nc1ccccc1SC(F)(F)F. The van der Waals surface area contributed by atoms with E-state index in [0.717, 1.165) is 0 Å². The summed E-state index contributed by atoms with van der Waals surface area (Å²) in [5.74, 6) is -2.44. The molecule has 0 aliphatic rings. The van der Waals surface area contributed by atoms with Gasteiger partial charge in [0.25, 0.3) is 0 Å². The molecule has 0 saturated heterocycles. The van der Waals surface area contributed by atoms with Gasteiger partial charge >= 0.3 is 5.51 Å². The number of alkyl halides is 3. The van der Waals surface area contributed by atoms with Crippen molar-refractivity contribution in [3.05, 3.63) is 36.4 Å². The van der Waals surface area contributed by atoms with Crippen molar-refractivity contribution >= 4 is 29.3 Å². The number of rotatable bonds is 4. The van der Waals surface area contributed by atoms with Crippen molar-refractivity contribution in [1.29, 1.82) is 0 Å². The van der Waals surface area contributed by atoms with Gasteiger partial charge in [0.15, 0.2) is 0 Å². The molecular formula is C11H7F3NO3S-. The number of carboxylic acids is 1. The highest BCUT2D eigenvalue weighted by Crippen LogP contribution is 2.40. The predicted octanol–water partition coefficient (Wildman–Crippen LogP) is 1.54. The highest BCUT2D eigenvalue weighted by atomic mass is 32.2. The fourth-order valence-electron chi connectivity index (χ4n) is 1.10. The molecule has 0 bridgehead atoms. The van der Waals surface area contributed by atoms with Crippen LogP contribution in [0.4, 0.5) is 18.9 Å². The van der Waals surface area contributed by atoms with E-state index >= 15 is 0 Å². The molecule has 8 heteroatoms. The molecule has 0 unspecified atom stereocenters. The van der Waals surface area contributed by atoms with Crippen molar-refractivity contribution in [3.8, 4) is 0 Å². The van der Waals surface area contributed by atoms with Gasteiger partial charge < -0.3 is 15.2 Å². The van der Waals surface area contributed by atoms with Crippen LogP contribution < -0.4 is 10.4 Å². The first kappa shape index (κ1) is 15.1. The zero-order valence-corrected chi connectivity index (χ0v) is 10.0. The third kappa shape index (κ3) is 5.96. The average molecular weight is 290 g/mol. The summed E-state index contributed by atoms with van der Waals surface area (Å²) >= 11 is -0.374. The van der Waals surface area contributed by atoms with Crippen LogP contribution in [0, 0.1) is 0 Å². The lowest BCUT2D eigenvalue weighted by Gasteiger charge is -2.11. The smallest absolute Gasteiger partial charge is 0.446 e. The zero-order chi connectivity index (χ0) is 14.5. The number of thioether (sulfide) groups is 1. The van der Waals surface area contributed by atoms with Crippen LogP contribution in [0.2, 0.25) is 0 Å². The molecule has 0 fully saturated rings. The number of hydrogen-bond donors (Lipinski definition) is 1. The minimum Gasteiger partial charge on any atom is -0.545 e. The number of amides is 1. The second-order valence-electron chi connectivity index (χ2n) is 3.19. The Labute approximate surface area is 110 Å². The van der Waals surface area contributed by atoms with E-state index in [1.54, 1.807) is 0 Å². The van der Waals surface area contributed by atoms with E-state index in [2.05, 4.69) is 5.32 Å². The van der Waals surface area contributed by atoms with E-state index < -0.39 is 17.4 Å². The van der Waals surface area contributed by atoms with Crippen LogP contribution in [-0.4, -0.2) is 17.4 Å². The van der Waals surface area contributed by atoms with E-state index in [1.807, 2.05) is 0 Å². The van der Waals surface area contributed by atoms with E-state index in [0.29, 0.717) is 12.2 Å². The largest absolute Gasteiger partial charge is 0.545 e. The van der Waals surface area contributed by atoms with Gasteiger partial charge in [0.05, 0.1) is 11.7 Å². The average Bonchev–Trinajstić information content (AvgIpc) is 2.27. The van der Waals surface area contributed by atoms with Crippen LogP contribution >= 0.6 is 11.8 Å². The van der Waals surface area contributed by atoms with E-state index in [1.165, 1.54) is 24.3 Å². The third-order valence-corrected chi connectivity index (χ3v) is 2.55. The predicted molar refractivity (Wildman–Crippen MR) is 61.1 cm³/mol. The number of nitrogens with one attached hydrogen (secondary N) is 1. The van der Waals surface area contributed by atoms with Crippen molar-refractivity contribution in [2.45, 2.75) is 10.4 Å². The highest BCUT2D eigenvalue weighted by molar-refractivity contribution is 8.00. The third-order valence-electron chi connectivity index (χ3n) is 1.74. The van der Waals surface area contributed by atoms with E-state index in [4.69, 9.17) is 0 Å². The summed E-state index contributed by atoms with van der Waals surface area (Å²) in [5, 5.41) is 12.2. The molecule has 0 spiro atoms. The zero-order valence-electron chi connectivity index (χ0n) is 9.23. The summed E-state index contributed by atoms with van der Waals surface area (Å²) in [6.07, 6.45) is 1.14. The Kier molecular flexibility index (Phi) is 4.99. The molecule has 102 valence electrons. The molecule has 1 aromatic carbocycles. The molecule has 0 aliphatic heterocycles. The van der Waals surface area contributed by atoms with E-state index in [-0.39, 0.29) is 22.3 Å². The fourth-order valence-corrected chi connectivity index (χ4v) is 1.73. The van der Waals surface area contributed by atoms with Gasteiger partial charge in [-0.2, -0.15) is 13.2 Å². The number of anilines is 1. The van der Waals surface area contributed by atoms with Crippen molar-refractivity contribution in [3.63, 3.8) is 0 Å². The highest BCUT2D eigenvalue weighted by Gasteiger charge is 2.30. The van der Waals surface area contributed by atoms with Gasteiger partial charge in [-0.15, -0.1) is 0 Å². The lowest BCUT2D eigenvalue weighted by Crippen LogP contribution is -2.20. The first-order chi connectivity index (χ1) is 8.78. The monoisotopic (exact) mass is 290 g/mol. The number of benzene rings is 1. The Morgan fingerprint density at radius 3 is 2.42 bits per heavy atom.